The standard InChI is InChI=1S/C25H19ClN6O4/c1-13-20(22(33)30-19-12-14(23(34)35)10-11-27-19)21(15-6-2-3-7-16(15)26)31-24(28-13)32-25-29-17-8-4-5-9-18(17)36-25/h2-12,21H,1H3,(H,34,35)(H,27,30,33)(H2,28,29,31,32)/t21-/m0/s1. The number of pyridine rings is 1. The van der Waals surface area contributed by atoms with E-state index in [0.29, 0.717) is 33.3 Å². The van der Waals surface area contributed by atoms with Crippen molar-refractivity contribution in [2.45, 2.75) is 13.0 Å². The van der Waals surface area contributed by atoms with Gasteiger partial charge in [0.25, 0.3) is 5.91 Å². The molecule has 0 bridgehead atoms. The lowest BCUT2D eigenvalue weighted by atomic mass is 9.95. The Labute approximate surface area is 209 Å². The van der Waals surface area contributed by atoms with Gasteiger partial charge in [-0.25, -0.2) is 14.8 Å². The predicted octanol–water partition coefficient (Wildman–Crippen LogP) is 4.60. The molecule has 2 aromatic carbocycles. The lowest BCUT2D eigenvalue weighted by molar-refractivity contribution is -0.113. The van der Waals surface area contributed by atoms with Crippen LogP contribution in [0.1, 0.15) is 28.9 Å². The normalized spacial score (nSPS) is 15.3. The monoisotopic (exact) mass is 502 g/mol. The average Bonchev–Trinajstić information content (AvgIpc) is 3.26. The number of carbonyl (C=O) groups excluding carboxylic acids is 1. The van der Waals surface area contributed by atoms with Gasteiger partial charge in [0.05, 0.1) is 11.1 Å². The van der Waals surface area contributed by atoms with Crippen LogP contribution in [0.4, 0.5) is 11.8 Å². The van der Waals surface area contributed by atoms with Gasteiger partial charge < -0.3 is 20.2 Å². The number of carboxylic acid groups (broad SMARTS) is 1. The molecule has 0 radical (unpaired) electrons. The van der Waals surface area contributed by atoms with E-state index in [1.807, 2.05) is 18.2 Å². The van der Waals surface area contributed by atoms with E-state index in [1.165, 1.54) is 18.3 Å². The number of anilines is 2. The molecule has 5 rings (SSSR count). The van der Waals surface area contributed by atoms with Gasteiger partial charge in [-0.3, -0.25) is 10.1 Å². The van der Waals surface area contributed by atoms with E-state index in [4.69, 9.17) is 21.0 Å². The molecular weight excluding hydrogens is 484 g/mol. The molecule has 1 aliphatic rings. The number of aliphatic imine (C=N–C) groups is 1. The molecule has 0 unspecified atom stereocenters. The molecule has 0 saturated carbocycles. The Morgan fingerprint density at radius 3 is 2.67 bits per heavy atom. The van der Waals surface area contributed by atoms with E-state index in [0.717, 1.165) is 0 Å². The number of aromatic nitrogens is 2. The van der Waals surface area contributed by atoms with Crippen LogP contribution in [0.2, 0.25) is 5.02 Å². The van der Waals surface area contributed by atoms with Crippen molar-refractivity contribution >= 4 is 52.4 Å². The van der Waals surface area contributed by atoms with Crippen LogP contribution in [0.15, 0.2) is 87.5 Å². The minimum Gasteiger partial charge on any atom is -0.478 e. The number of rotatable bonds is 5. The van der Waals surface area contributed by atoms with Gasteiger partial charge >= 0.3 is 12.0 Å². The maximum absolute atomic E-state index is 13.4. The van der Waals surface area contributed by atoms with Crippen molar-refractivity contribution in [2.24, 2.45) is 4.99 Å². The van der Waals surface area contributed by atoms with Crippen molar-refractivity contribution in [3.05, 3.63) is 94.3 Å². The van der Waals surface area contributed by atoms with Gasteiger partial charge in [0.1, 0.15) is 17.4 Å². The Bertz CT molecular complexity index is 1530. The highest BCUT2D eigenvalue weighted by molar-refractivity contribution is 6.31. The van der Waals surface area contributed by atoms with Crippen molar-refractivity contribution in [3.8, 4) is 0 Å². The second-order valence-corrected chi connectivity index (χ2v) is 8.27. The summed E-state index contributed by atoms with van der Waals surface area (Å²) >= 11 is 6.48. The molecule has 1 amide bonds. The number of benzene rings is 2. The molecule has 10 nitrogen and oxygen atoms in total. The zero-order valence-corrected chi connectivity index (χ0v) is 19.6. The summed E-state index contributed by atoms with van der Waals surface area (Å²) in [7, 11) is 0. The first-order chi connectivity index (χ1) is 17.4. The number of oxazole rings is 1. The largest absolute Gasteiger partial charge is 0.478 e. The molecule has 1 atom stereocenters. The molecule has 11 heteroatoms. The lowest BCUT2D eigenvalue weighted by Crippen LogP contribution is -2.37. The molecule has 1 aliphatic heterocycles. The second-order valence-electron chi connectivity index (χ2n) is 7.87. The number of para-hydroxylation sites is 2. The molecule has 4 aromatic rings. The number of halogens is 1. The number of allylic oxidation sites excluding steroid dienone is 1. The summed E-state index contributed by atoms with van der Waals surface area (Å²) in [6.45, 7) is 1.72. The third-order valence-electron chi connectivity index (χ3n) is 5.45. The Hall–Kier alpha value is -4.70. The first-order valence-corrected chi connectivity index (χ1v) is 11.2. The van der Waals surface area contributed by atoms with Crippen molar-refractivity contribution in [3.63, 3.8) is 0 Å². The highest BCUT2D eigenvalue weighted by Gasteiger charge is 2.31. The molecule has 36 heavy (non-hydrogen) atoms. The van der Waals surface area contributed by atoms with E-state index in [-0.39, 0.29) is 23.0 Å². The molecule has 2 aromatic heterocycles. The van der Waals surface area contributed by atoms with Crippen LogP contribution < -0.4 is 16.0 Å². The van der Waals surface area contributed by atoms with Crippen molar-refractivity contribution < 1.29 is 19.1 Å². The predicted molar refractivity (Wildman–Crippen MR) is 135 cm³/mol. The smallest absolute Gasteiger partial charge is 0.335 e. The summed E-state index contributed by atoms with van der Waals surface area (Å²) in [5.41, 5.74) is 2.69. The zero-order valence-electron chi connectivity index (χ0n) is 18.8. The summed E-state index contributed by atoms with van der Waals surface area (Å²) in [6, 6.07) is 16.5. The van der Waals surface area contributed by atoms with Gasteiger partial charge in [0.15, 0.2) is 5.58 Å². The minimum absolute atomic E-state index is 0.00161. The SMILES string of the molecule is CC1=C(C(=O)Nc2cc(C(=O)O)ccn2)[C@H](c2ccccc2Cl)N=C(Nc2nc3ccccc3o2)N1. The van der Waals surface area contributed by atoms with Crippen LogP contribution in [0, 0.1) is 0 Å². The number of hydrogen-bond donors (Lipinski definition) is 4. The lowest BCUT2D eigenvalue weighted by Gasteiger charge is -2.26. The molecule has 180 valence electrons. The number of fused-ring (bicyclic) bond motifs is 1. The van der Waals surface area contributed by atoms with E-state index in [2.05, 4.69) is 25.9 Å². The number of hydrogen-bond acceptors (Lipinski definition) is 8. The fraction of sp³-hybridized carbons (Fsp3) is 0.0800. The van der Waals surface area contributed by atoms with Crippen LogP contribution in [0.3, 0.4) is 0 Å². The van der Waals surface area contributed by atoms with E-state index >= 15 is 0 Å². The van der Waals surface area contributed by atoms with Crippen LogP contribution in [-0.4, -0.2) is 32.9 Å². The molecule has 3 heterocycles. The number of nitrogens with one attached hydrogen (secondary N) is 3. The van der Waals surface area contributed by atoms with E-state index in [1.54, 1.807) is 37.3 Å². The van der Waals surface area contributed by atoms with E-state index < -0.39 is 17.9 Å². The highest BCUT2D eigenvalue weighted by atomic mass is 35.5. The fourth-order valence-corrected chi connectivity index (χ4v) is 4.04. The summed E-state index contributed by atoms with van der Waals surface area (Å²) in [5.74, 6) is -1.23. The Morgan fingerprint density at radius 1 is 1.11 bits per heavy atom. The minimum atomic E-state index is -1.13. The summed E-state index contributed by atoms with van der Waals surface area (Å²) in [4.78, 5) is 37.8. The molecular formula is C25H19ClN6O4. The number of aromatic carboxylic acids is 1. The molecule has 0 fully saturated rings. The number of amides is 1. The second kappa shape index (κ2) is 9.51. The average molecular weight is 503 g/mol. The zero-order chi connectivity index (χ0) is 25.2. The van der Waals surface area contributed by atoms with Crippen molar-refractivity contribution in [1.82, 2.24) is 15.3 Å². The maximum Gasteiger partial charge on any atom is 0.335 e. The number of nitrogens with zero attached hydrogens (tertiary/aromatic N) is 3. The van der Waals surface area contributed by atoms with E-state index in [9.17, 15) is 14.7 Å². The van der Waals surface area contributed by atoms with Gasteiger partial charge in [-0.1, -0.05) is 41.9 Å². The van der Waals surface area contributed by atoms with Crippen LogP contribution in [-0.2, 0) is 4.79 Å². The number of carboxylic acids is 1. The third kappa shape index (κ3) is 4.62. The van der Waals surface area contributed by atoms with Crippen LogP contribution >= 0.6 is 11.6 Å². The fourth-order valence-electron chi connectivity index (χ4n) is 3.80. The van der Waals surface area contributed by atoms with Crippen LogP contribution in [0.5, 0.6) is 0 Å². The number of guanidine groups is 1. The Kier molecular flexibility index (Phi) is 6.09. The number of carbonyl (C=O) groups is 2. The van der Waals surface area contributed by atoms with Crippen molar-refractivity contribution in [2.75, 3.05) is 10.6 Å². The topological polar surface area (TPSA) is 142 Å². The first kappa shape index (κ1) is 23.1. The third-order valence-corrected chi connectivity index (χ3v) is 5.80. The molecule has 0 saturated heterocycles. The van der Waals surface area contributed by atoms with Crippen LogP contribution in [0.25, 0.3) is 11.1 Å². The van der Waals surface area contributed by atoms with Gasteiger partial charge in [0.2, 0.25) is 5.96 Å². The summed E-state index contributed by atoms with van der Waals surface area (Å²) in [5, 5.41) is 18.4. The molecule has 0 aliphatic carbocycles. The Morgan fingerprint density at radius 2 is 1.89 bits per heavy atom. The maximum atomic E-state index is 13.4. The Balaban J connectivity index is 1.48. The highest BCUT2D eigenvalue weighted by Crippen LogP contribution is 2.35. The first-order valence-electron chi connectivity index (χ1n) is 10.8. The summed E-state index contributed by atoms with van der Waals surface area (Å²) in [6.07, 6.45) is 1.31. The molecule has 4 N–H and O–H groups in total. The quantitative estimate of drug-likeness (QED) is 0.310. The van der Waals surface area contributed by atoms with Gasteiger partial charge in [-0.2, -0.15) is 4.98 Å². The van der Waals surface area contributed by atoms with Gasteiger partial charge in [0, 0.05) is 22.5 Å². The van der Waals surface area contributed by atoms with Crippen molar-refractivity contribution in [1.29, 1.82) is 0 Å². The van der Waals surface area contributed by atoms with Gasteiger partial charge in [-0.05, 0) is 37.3 Å². The van der Waals surface area contributed by atoms with Gasteiger partial charge in [-0.15, -0.1) is 0 Å². The molecule has 0 spiro atoms. The summed E-state index contributed by atoms with van der Waals surface area (Å²) < 4.78 is 5.73.